The molecule has 7 nitrogen and oxygen atoms in total. The number of guanidine groups is 1. The quantitative estimate of drug-likeness (QED) is 0.523. The molecule has 0 aliphatic carbocycles. The van der Waals surface area contributed by atoms with E-state index >= 15 is 0 Å². The van der Waals surface area contributed by atoms with Crippen molar-refractivity contribution in [1.29, 1.82) is 0 Å². The van der Waals surface area contributed by atoms with Gasteiger partial charge in [0.15, 0.2) is 17.5 Å². The fourth-order valence-corrected chi connectivity index (χ4v) is 2.06. The molecule has 1 aromatic rings. The third-order valence-corrected chi connectivity index (χ3v) is 3.49. The van der Waals surface area contributed by atoms with Gasteiger partial charge in [0.25, 0.3) is 0 Å². The lowest BCUT2D eigenvalue weighted by Crippen LogP contribution is -2.45. The largest absolute Gasteiger partial charge is 0.493 e. The van der Waals surface area contributed by atoms with Crippen LogP contribution in [0.4, 0.5) is 5.69 Å². The molecule has 0 aliphatic heterocycles. The maximum absolute atomic E-state index is 11.8. The van der Waals surface area contributed by atoms with Gasteiger partial charge in [0.05, 0.1) is 19.1 Å². The Morgan fingerprint density at radius 1 is 1.29 bits per heavy atom. The number of nitrogens with zero attached hydrogens (tertiary/aromatic N) is 1. The van der Waals surface area contributed by atoms with Gasteiger partial charge in [-0.25, -0.2) is 0 Å². The number of nitrogens with one attached hydrogen (secondary N) is 3. The van der Waals surface area contributed by atoms with Crippen LogP contribution in [0.2, 0.25) is 0 Å². The van der Waals surface area contributed by atoms with Crippen LogP contribution in [-0.4, -0.2) is 46.2 Å². The maximum Gasteiger partial charge on any atom is 0.227 e. The summed E-state index contributed by atoms with van der Waals surface area (Å²) < 4.78 is 10.8. The molecule has 1 rings (SSSR count). The van der Waals surface area contributed by atoms with Crippen molar-refractivity contribution in [3.63, 3.8) is 0 Å². The van der Waals surface area contributed by atoms with Gasteiger partial charge in [-0.3, -0.25) is 9.79 Å². The maximum atomic E-state index is 11.8. The van der Waals surface area contributed by atoms with Crippen molar-refractivity contribution < 1.29 is 14.3 Å². The Balaban J connectivity index is 2.79. The smallest absolute Gasteiger partial charge is 0.227 e. The average molecular weight is 336 g/mol. The number of benzene rings is 1. The second-order valence-corrected chi connectivity index (χ2v) is 5.81. The molecule has 0 fully saturated rings. The van der Waals surface area contributed by atoms with Crippen molar-refractivity contribution >= 4 is 17.6 Å². The van der Waals surface area contributed by atoms with Gasteiger partial charge in [0.1, 0.15) is 0 Å². The van der Waals surface area contributed by atoms with Gasteiger partial charge in [0.2, 0.25) is 5.91 Å². The standard InChI is InChI=1S/C17H28N4O3/c1-7-24-14-10-12(8-9-13(14)23-6)21-16(19-5)20-11-17(2,3)15(22)18-4/h8-10H,7,11H2,1-6H3,(H,18,22)(H2,19,20,21). The van der Waals surface area contributed by atoms with Crippen molar-refractivity contribution in [2.75, 3.05) is 39.7 Å². The highest BCUT2D eigenvalue weighted by molar-refractivity contribution is 5.94. The predicted octanol–water partition coefficient (Wildman–Crippen LogP) is 1.85. The van der Waals surface area contributed by atoms with Crippen LogP contribution in [0.1, 0.15) is 20.8 Å². The van der Waals surface area contributed by atoms with Gasteiger partial charge in [0, 0.05) is 32.4 Å². The number of aliphatic imine (C=N–C) groups is 1. The molecular formula is C17H28N4O3. The van der Waals surface area contributed by atoms with E-state index < -0.39 is 5.41 Å². The highest BCUT2D eigenvalue weighted by atomic mass is 16.5. The van der Waals surface area contributed by atoms with Gasteiger partial charge in [-0.05, 0) is 32.9 Å². The Morgan fingerprint density at radius 3 is 2.54 bits per heavy atom. The van der Waals surface area contributed by atoms with E-state index in [1.807, 2.05) is 39.0 Å². The fraction of sp³-hybridized carbons (Fsp3) is 0.529. The van der Waals surface area contributed by atoms with Gasteiger partial charge < -0.3 is 25.4 Å². The molecule has 24 heavy (non-hydrogen) atoms. The Kier molecular flexibility index (Phi) is 7.35. The zero-order chi connectivity index (χ0) is 18.2. The molecule has 0 aliphatic rings. The Bertz CT molecular complexity index is 585. The van der Waals surface area contributed by atoms with Crippen LogP contribution in [-0.2, 0) is 4.79 Å². The molecule has 0 unspecified atom stereocenters. The van der Waals surface area contributed by atoms with Crippen LogP contribution in [0.25, 0.3) is 0 Å². The molecule has 0 atom stereocenters. The Labute approximate surface area is 143 Å². The normalized spacial score (nSPS) is 11.7. The molecule has 1 amide bonds. The molecule has 0 saturated carbocycles. The highest BCUT2D eigenvalue weighted by Gasteiger charge is 2.26. The molecule has 1 aromatic carbocycles. The van der Waals surface area contributed by atoms with E-state index in [4.69, 9.17) is 9.47 Å². The monoisotopic (exact) mass is 336 g/mol. The molecular weight excluding hydrogens is 308 g/mol. The van der Waals surface area contributed by atoms with Crippen LogP contribution in [0.5, 0.6) is 11.5 Å². The van der Waals surface area contributed by atoms with Gasteiger partial charge in [-0.1, -0.05) is 0 Å². The first kappa shape index (κ1) is 19.6. The lowest BCUT2D eigenvalue weighted by Gasteiger charge is -2.24. The molecule has 134 valence electrons. The Hall–Kier alpha value is -2.44. The van der Waals surface area contributed by atoms with E-state index in [0.717, 1.165) is 5.69 Å². The van der Waals surface area contributed by atoms with Crippen molar-refractivity contribution in [3.05, 3.63) is 18.2 Å². The summed E-state index contributed by atoms with van der Waals surface area (Å²) in [4.78, 5) is 16.0. The van der Waals surface area contributed by atoms with Crippen molar-refractivity contribution in [1.82, 2.24) is 10.6 Å². The molecule has 3 N–H and O–H groups in total. The summed E-state index contributed by atoms with van der Waals surface area (Å²) in [5.41, 5.74) is 0.257. The van der Waals surface area contributed by atoms with E-state index in [1.165, 1.54) is 0 Å². The van der Waals surface area contributed by atoms with Gasteiger partial charge in [-0.15, -0.1) is 0 Å². The lowest BCUT2D eigenvalue weighted by atomic mass is 9.92. The third-order valence-electron chi connectivity index (χ3n) is 3.49. The van der Waals surface area contributed by atoms with E-state index in [-0.39, 0.29) is 5.91 Å². The lowest BCUT2D eigenvalue weighted by molar-refractivity contribution is -0.128. The fourth-order valence-electron chi connectivity index (χ4n) is 2.06. The molecule has 0 radical (unpaired) electrons. The number of carbonyl (C=O) groups is 1. The van der Waals surface area contributed by atoms with Crippen LogP contribution in [0.3, 0.4) is 0 Å². The summed E-state index contributed by atoms with van der Waals surface area (Å²) in [5, 5.41) is 9.00. The minimum Gasteiger partial charge on any atom is -0.493 e. The summed E-state index contributed by atoms with van der Waals surface area (Å²) >= 11 is 0. The minimum absolute atomic E-state index is 0.0338. The number of rotatable bonds is 7. The molecule has 7 heteroatoms. The first-order chi connectivity index (χ1) is 11.4. The topological polar surface area (TPSA) is 84.0 Å². The zero-order valence-electron chi connectivity index (χ0n) is 15.3. The first-order valence-electron chi connectivity index (χ1n) is 7.88. The molecule has 0 saturated heterocycles. The molecule has 0 aromatic heterocycles. The SMILES string of the molecule is CCOc1cc(NC(=NC)NCC(C)(C)C(=O)NC)ccc1OC. The van der Waals surface area contributed by atoms with E-state index in [0.29, 0.717) is 30.6 Å². The van der Waals surface area contributed by atoms with E-state index in [9.17, 15) is 4.79 Å². The third kappa shape index (κ3) is 5.33. The Morgan fingerprint density at radius 2 is 2.00 bits per heavy atom. The van der Waals surface area contributed by atoms with Crippen molar-refractivity contribution in [2.45, 2.75) is 20.8 Å². The summed E-state index contributed by atoms with van der Waals surface area (Å²) in [5.74, 6) is 1.87. The van der Waals surface area contributed by atoms with E-state index in [2.05, 4.69) is 20.9 Å². The van der Waals surface area contributed by atoms with Crippen LogP contribution < -0.4 is 25.4 Å². The van der Waals surface area contributed by atoms with Gasteiger partial charge >= 0.3 is 0 Å². The molecule has 0 bridgehead atoms. The summed E-state index contributed by atoms with van der Waals surface area (Å²) in [7, 11) is 4.91. The second kappa shape index (κ2) is 9.00. The summed E-state index contributed by atoms with van der Waals surface area (Å²) in [6.07, 6.45) is 0. The predicted molar refractivity (Wildman–Crippen MR) is 97.0 cm³/mol. The van der Waals surface area contributed by atoms with Crippen LogP contribution in [0.15, 0.2) is 23.2 Å². The number of carbonyl (C=O) groups excluding carboxylic acids is 1. The van der Waals surface area contributed by atoms with E-state index in [1.54, 1.807) is 21.2 Å². The summed E-state index contributed by atoms with van der Waals surface area (Å²) in [6, 6.07) is 5.55. The van der Waals surface area contributed by atoms with Crippen molar-refractivity contribution in [2.24, 2.45) is 10.4 Å². The number of anilines is 1. The molecule has 0 spiro atoms. The number of ether oxygens (including phenoxy) is 2. The number of amides is 1. The van der Waals surface area contributed by atoms with Gasteiger partial charge in [-0.2, -0.15) is 0 Å². The minimum atomic E-state index is -0.553. The number of methoxy groups -OCH3 is 1. The van der Waals surface area contributed by atoms with Crippen LogP contribution >= 0.6 is 0 Å². The highest BCUT2D eigenvalue weighted by Crippen LogP contribution is 2.30. The number of hydrogen-bond acceptors (Lipinski definition) is 4. The van der Waals surface area contributed by atoms with Crippen LogP contribution in [0, 0.1) is 5.41 Å². The average Bonchev–Trinajstić information content (AvgIpc) is 2.58. The second-order valence-electron chi connectivity index (χ2n) is 5.81. The van der Waals surface area contributed by atoms with Crippen molar-refractivity contribution in [3.8, 4) is 11.5 Å². The summed E-state index contributed by atoms with van der Waals surface area (Å²) in [6.45, 7) is 6.65. The zero-order valence-corrected chi connectivity index (χ0v) is 15.3. The number of hydrogen-bond donors (Lipinski definition) is 3. The first-order valence-corrected chi connectivity index (χ1v) is 7.88. The molecule has 0 heterocycles.